The van der Waals surface area contributed by atoms with E-state index >= 15 is 0 Å². The molecule has 0 bridgehead atoms. The van der Waals surface area contributed by atoms with Gasteiger partial charge in [-0.3, -0.25) is 9.59 Å². The summed E-state index contributed by atoms with van der Waals surface area (Å²) < 4.78 is 0. The number of carbonyl (C=O) groups is 1. The third-order valence-electron chi connectivity index (χ3n) is 3.98. The first-order valence-electron chi connectivity index (χ1n) is 7.95. The average Bonchev–Trinajstić information content (AvgIpc) is 2.52. The van der Waals surface area contributed by atoms with Crippen molar-refractivity contribution in [2.24, 2.45) is 0 Å². The Balaban J connectivity index is 1.88. The highest BCUT2D eigenvalue weighted by Gasteiger charge is 2.13. The number of aromatic nitrogens is 2. The zero-order valence-corrected chi connectivity index (χ0v) is 14.2. The number of amides is 1. The summed E-state index contributed by atoms with van der Waals surface area (Å²) in [6, 6.07) is 7.51. The molecule has 0 radical (unpaired) electrons. The van der Waals surface area contributed by atoms with Crippen LogP contribution in [0.2, 0.25) is 0 Å². The number of benzene rings is 1. The topological polar surface area (TPSA) is 95.1 Å². The molecule has 128 valence electrons. The van der Waals surface area contributed by atoms with Crippen LogP contribution < -0.4 is 10.9 Å². The highest BCUT2D eigenvalue weighted by Crippen LogP contribution is 2.16. The Hall–Kier alpha value is -2.47. The quantitative estimate of drug-likeness (QED) is 0.748. The summed E-state index contributed by atoms with van der Waals surface area (Å²) in [6.45, 7) is 5.54. The van der Waals surface area contributed by atoms with Gasteiger partial charge in [0, 0.05) is 24.2 Å². The lowest BCUT2D eigenvalue weighted by molar-refractivity contribution is -0.121. The van der Waals surface area contributed by atoms with Crippen LogP contribution in [-0.4, -0.2) is 27.5 Å². The number of aryl methyl sites for hydroxylation is 3. The van der Waals surface area contributed by atoms with Crippen LogP contribution >= 0.6 is 0 Å². The molecule has 0 aliphatic rings. The zero-order valence-electron chi connectivity index (χ0n) is 14.2. The summed E-state index contributed by atoms with van der Waals surface area (Å²) in [4.78, 5) is 30.7. The van der Waals surface area contributed by atoms with Crippen molar-refractivity contribution >= 4 is 5.91 Å². The number of rotatable bonds is 6. The van der Waals surface area contributed by atoms with E-state index in [4.69, 9.17) is 0 Å². The van der Waals surface area contributed by atoms with Gasteiger partial charge in [0.05, 0.1) is 6.10 Å². The van der Waals surface area contributed by atoms with Gasteiger partial charge in [-0.2, -0.15) is 0 Å². The molecule has 0 fully saturated rings. The lowest BCUT2D eigenvalue weighted by Crippen LogP contribution is -2.29. The fraction of sp³-hybridized carbons (Fsp3) is 0.389. The molecule has 1 amide bonds. The maximum absolute atomic E-state index is 12.0. The molecule has 0 aliphatic heterocycles. The van der Waals surface area contributed by atoms with Crippen LogP contribution in [0, 0.1) is 20.8 Å². The number of aromatic amines is 1. The Morgan fingerprint density at radius 1 is 1.29 bits per heavy atom. The van der Waals surface area contributed by atoms with Crippen LogP contribution in [0.25, 0.3) is 0 Å². The number of hydrogen-bond donors (Lipinski definition) is 3. The summed E-state index contributed by atoms with van der Waals surface area (Å²) in [5.41, 5.74) is 2.74. The molecule has 6 nitrogen and oxygen atoms in total. The molecule has 3 N–H and O–H groups in total. The number of carbonyl (C=O) groups excluding carboxylic acids is 1. The SMILES string of the molecule is Cc1nc(C)c(CCC(=O)NCC(O)c2ccccc2C)c(=O)[nH]1. The van der Waals surface area contributed by atoms with E-state index in [0.29, 0.717) is 23.5 Å². The van der Waals surface area contributed by atoms with E-state index in [9.17, 15) is 14.7 Å². The Bertz CT molecular complexity index is 783. The number of nitrogens with one attached hydrogen (secondary N) is 2. The molecule has 0 spiro atoms. The summed E-state index contributed by atoms with van der Waals surface area (Å²) in [7, 11) is 0. The van der Waals surface area contributed by atoms with Crippen molar-refractivity contribution in [1.82, 2.24) is 15.3 Å². The van der Waals surface area contributed by atoms with E-state index in [1.807, 2.05) is 31.2 Å². The van der Waals surface area contributed by atoms with E-state index in [1.165, 1.54) is 0 Å². The molecule has 0 aliphatic carbocycles. The summed E-state index contributed by atoms with van der Waals surface area (Å²) >= 11 is 0. The fourth-order valence-electron chi connectivity index (χ4n) is 2.65. The molecule has 1 atom stereocenters. The predicted octanol–water partition coefficient (Wildman–Crippen LogP) is 1.48. The molecule has 1 unspecified atom stereocenters. The third-order valence-corrected chi connectivity index (χ3v) is 3.98. The van der Waals surface area contributed by atoms with Crippen molar-refractivity contribution in [3.05, 3.63) is 62.8 Å². The van der Waals surface area contributed by atoms with E-state index in [-0.39, 0.29) is 24.4 Å². The highest BCUT2D eigenvalue weighted by atomic mass is 16.3. The molecular formula is C18H23N3O3. The number of aliphatic hydroxyl groups is 1. The summed E-state index contributed by atoms with van der Waals surface area (Å²) in [5, 5.41) is 12.9. The second kappa shape index (κ2) is 7.88. The van der Waals surface area contributed by atoms with E-state index in [1.54, 1.807) is 13.8 Å². The van der Waals surface area contributed by atoms with Gasteiger partial charge in [-0.25, -0.2) is 4.98 Å². The third kappa shape index (κ3) is 4.52. The predicted molar refractivity (Wildman–Crippen MR) is 91.8 cm³/mol. The molecule has 1 aromatic carbocycles. The normalized spacial score (nSPS) is 12.0. The van der Waals surface area contributed by atoms with Gasteiger partial charge in [-0.05, 0) is 38.3 Å². The standard InChI is InChI=1S/C18H23N3O3/c1-11-6-4-5-7-14(11)16(22)10-19-17(23)9-8-15-12(2)20-13(3)21-18(15)24/h4-7,16,22H,8-10H2,1-3H3,(H,19,23)(H,20,21,24). The van der Waals surface area contributed by atoms with Crippen LogP contribution in [-0.2, 0) is 11.2 Å². The molecule has 6 heteroatoms. The van der Waals surface area contributed by atoms with E-state index < -0.39 is 6.10 Å². The average molecular weight is 329 g/mol. The minimum atomic E-state index is -0.749. The second-order valence-corrected chi connectivity index (χ2v) is 5.89. The smallest absolute Gasteiger partial charge is 0.254 e. The maximum Gasteiger partial charge on any atom is 0.254 e. The lowest BCUT2D eigenvalue weighted by Gasteiger charge is -2.14. The van der Waals surface area contributed by atoms with Gasteiger partial charge in [0.25, 0.3) is 5.56 Å². The Kier molecular flexibility index (Phi) is 5.87. The number of nitrogens with zero attached hydrogens (tertiary/aromatic N) is 1. The monoisotopic (exact) mass is 329 g/mol. The molecule has 1 aromatic heterocycles. The molecule has 2 aromatic rings. The fourth-order valence-corrected chi connectivity index (χ4v) is 2.65. The van der Waals surface area contributed by atoms with Crippen molar-refractivity contribution in [3.63, 3.8) is 0 Å². The minimum absolute atomic E-state index is 0.144. The first-order valence-corrected chi connectivity index (χ1v) is 7.95. The van der Waals surface area contributed by atoms with Crippen molar-refractivity contribution in [2.45, 2.75) is 39.7 Å². The zero-order chi connectivity index (χ0) is 17.7. The maximum atomic E-state index is 12.0. The second-order valence-electron chi connectivity index (χ2n) is 5.89. The largest absolute Gasteiger partial charge is 0.387 e. The van der Waals surface area contributed by atoms with Gasteiger partial charge in [0.15, 0.2) is 0 Å². The molecule has 0 saturated carbocycles. The Morgan fingerprint density at radius 3 is 2.67 bits per heavy atom. The van der Waals surface area contributed by atoms with Crippen molar-refractivity contribution in [1.29, 1.82) is 0 Å². The molecule has 0 saturated heterocycles. The summed E-state index contributed by atoms with van der Waals surface area (Å²) in [6.07, 6.45) is -0.253. The van der Waals surface area contributed by atoms with E-state index in [2.05, 4.69) is 15.3 Å². The number of aliphatic hydroxyl groups excluding tert-OH is 1. The van der Waals surface area contributed by atoms with Crippen LogP contribution in [0.4, 0.5) is 0 Å². The number of hydrogen-bond acceptors (Lipinski definition) is 4. The van der Waals surface area contributed by atoms with Crippen molar-refractivity contribution < 1.29 is 9.90 Å². The first-order chi connectivity index (χ1) is 11.4. The van der Waals surface area contributed by atoms with Crippen molar-refractivity contribution in [3.8, 4) is 0 Å². The highest BCUT2D eigenvalue weighted by molar-refractivity contribution is 5.76. The van der Waals surface area contributed by atoms with Gasteiger partial charge in [0.2, 0.25) is 5.91 Å². The Labute approximate surface area is 141 Å². The summed E-state index contributed by atoms with van der Waals surface area (Å²) in [5.74, 6) is 0.356. The van der Waals surface area contributed by atoms with Gasteiger partial charge in [-0.15, -0.1) is 0 Å². The van der Waals surface area contributed by atoms with Crippen LogP contribution in [0.3, 0.4) is 0 Å². The lowest BCUT2D eigenvalue weighted by atomic mass is 10.0. The van der Waals surface area contributed by atoms with Gasteiger partial charge in [-0.1, -0.05) is 24.3 Å². The first kappa shape index (κ1) is 17.9. The van der Waals surface area contributed by atoms with E-state index in [0.717, 1.165) is 11.1 Å². The van der Waals surface area contributed by atoms with Crippen LogP contribution in [0.5, 0.6) is 0 Å². The van der Waals surface area contributed by atoms with Gasteiger partial charge >= 0.3 is 0 Å². The van der Waals surface area contributed by atoms with Crippen molar-refractivity contribution in [2.75, 3.05) is 6.54 Å². The molecular weight excluding hydrogens is 306 g/mol. The molecule has 2 rings (SSSR count). The van der Waals surface area contributed by atoms with Gasteiger partial charge in [0.1, 0.15) is 5.82 Å². The Morgan fingerprint density at radius 2 is 2.00 bits per heavy atom. The number of H-pyrrole nitrogens is 1. The van der Waals surface area contributed by atoms with Crippen LogP contribution in [0.15, 0.2) is 29.1 Å². The molecule has 24 heavy (non-hydrogen) atoms. The molecule has 1 heterocycles. The van der Waals surface area contributed by atoms with Crippen LogP contribution in [0.1, 0.15) is 40.7 Å². The van der Waals surface area contributed by atoms with Gasteiger partial charge < -0.3 is 15.4 Å². The minimum Gasteiger partial charge on any atom is -0.387 e.